The first-order chi connectivity index (χ1) is 14.4. The minimum atomic E-state index is 0.0240. The number of phenols is 1. The van der Waals surface area contributed by atoms with E-state index in [4.69, 9.17) is 11.6 Å². The lowest BCUT2D eigenvalue weighted by atomic mass is 10.0. The number of benzene rings is 1. The Kier molecular flexibility index (Phi) is 5.90. The summed E-state index contributed by atoms with van der Waals surface area (Å²) >= 11 is 7.84. The fourth-order valence-corrected chi connectivity index (χ4v) is 4.78. The molecule has 0 unspecified atom stereocenters. The summed E-state index contributed by atoms with van der Waals surface area (Å²) in [5.41, 5.74) is 1.74. The van der Waals surface area contributed by atoms with Gasteiger partial charge in [-0.3, -0.25) is 4.79 Å². The van der Waals surface area contributed by atoms with Gasteiger partial charge in [0.25, 0.3) is 0 Å². The molecule has 1 amide bonds. The van der Waals surface area contributed by atoms with E-state index >= 15 is 0 Å². The van der Waals surface area contributed by atoms with Crippen LogP contribution in [0.2, 0.25) is 5.02 Å². The molecule has 9 heteroatoms. The summed E-state index contributed by atoms with van der Waals surface area (Å²) in [4.78, 5) is 27.2. The third-order valence-corrected chi connectivity index (χ3v) is 6.34. The van der Waals surface area contributed by atoms with Crippen LogP contribution in [0.3, 0.4) is 0 Å². The number of carbonyl (C=O) groups is 1. The van der Waals surface area contributed by atoms with Crippen molar-refractivity contribution in [2.24, 2.45) is 0 Å². The van der Waals surface area contributed by atoms with Gasteiger partial charge in [-0.1, -0.05) is 17.7 Å². The van der Waals surface area contributed by atoms with Crippen LogP contribution in [0.1, 0.15) is 10.4 Å². The van der Waals surface area contributed by atoms with Crippen LogP contribution in [0.5, 0.6) is 5.75 Å². The van der Waals surface area contributed by atoms with E-state index in [1.54, 1.807) is 29.5 Å². The Morgan fingerprint density at radius 1 is 1.40 bits per heavy atom. The van der Waals surface area contributed by atoms with Crippen LogP contribution >= 0.6 is 22.9 Å². The summed E-state index contributed by atoms with van der Waals surface area (Å²) < 4.78 is 0. The highest BCUT2D eigenvalue weighted by atomic mass is 35.5. The number of fused-ring (bicyclic) bond motifs is 3. The first-order valence-electron chi connectivity index (χ1n) is 9.53. The second kappa shape index (κ2) is 8.59. The number of anilines is 2. The maximum atomic E-state index is 12.5. The molecule has 7 nitrogen and oxygen atoms in total. The van der Waals surface area contributed by atoms with Crippen molar-refractivity contribution < 1.29 is 9.90 Å². The lowest BCUT2D eigenvalue weighted by Gasteiger charge is -2.26. The van der Waals surface area contributed by atoms with Gasteiger partial charge in [-0.15, -0.1) is 11.3 Å². The molecule has 0 saturated heterocycles. The van der Waals surface area contributed by atoms with Crippen molar-refractivity contribution in [3.8, 4) is 5.75 Å². The van der Waals surface area contributed by atoms with Gasteiger partial charge in [0.05, 0.1) is 22.6 Å². The highest BCUT2D eigenvalue weighted by molar-refractivity contribution is 7.19. The Morgan fingerprint density at radius 2 is 2.23 bits per heavy atom. The minimum Gasteiger partial charge on any atom is -0.508 e. The zero-order chi connectivity index (χ0) is 21.3. The van der Waals surface area contributed by atoms with Crippen LogP contribution in [0.25, 0.3) is 10.2 Å². The summed E-state index contributed by atoms with van der Waals surface area (Å²) in [7, 11) is 3.94. The summed E-state index contributed by atoms with van der Waals surface area (Å²) in [6.07, 6.45) is 5.78. The van der Waals surface area contributed by atoms with E-state index in [-0.39, 0.29) is 11.7 Å². The van der Waals surface area contributed by atoms with Gasteiger partial charge in [0, 0.05) is 30.1 Å². The molecular formula is C21H22ClN5O2S. The largest absolute Gasteiger partial charge is 0.508 e. The number of aromatic nitrogens is 2. The lowest BCUT2D eigenvalue weighted by Crippen LogP contribution is -2.34. The van der Waals surface area contributed by atoms with Crippen LogP contribution in [-0.4, -0.2) is 58.0 Å². The summed E-state index contributed by atoms with van der Waals surface area (Å²) in [6, 6.07) is 4.73. The quantitative estimate of drug-likeness (QED) is 0.584. The molecule has 0 radical (unpaired) electrons. The van der Waals surface area contributed by atoms with Crippen molar-refractivity contribution >= 4 is 50.6 Å². The van der Waals surface area contributed by atoms with Crippen LogP contribution in [0.4, 0.5) is 11.5 Å². The number of amides is 1. The SMILES string of the molecule is CN(C)C/C=C/C(=O)N1CCc2c(sc3ncnc(Nc4cc(O)ccc4Cl)c23)C1. The van der Waals surface area contributed by atoms with Crippen molar-refractivity contribution in [2.75, 3.05) is 32.5 Å². The molecule has 3 heterocycles. The first kappa shape index (κ1) is 20.6. The standard InChI is InChI=1S/C21H22ClN5O2S/c1-26(2)8-3-4-18(29)27-9-7-14-17(11-27)30-21-19(14)20(23-12-24-21)25-16-10-13(28)5-6-15(16)22/h3-6,10,12,28H,7-9,11H2,1-2H3,(H,23,24,25)/b4-3+. The van der Waals surface area contributed by atoms with E-state index in [1.165, 1.54) is 12.4 Å². The number of hydrogen-bond acceptors (Lipinski definition) is 7. The highest BCUT2D eigenvalue weighted by Crippen LogP contribution is 2.39. The van der Waals surface area contributed by atoms with E-state index in [9.17, 15) is 9.90 Å². The Labute approximate surface area is 183 Å². The minimum absolute atomic E-state index is 0.0240. The van der Waals surface area contributed by atoms with Gasteiger partial charge in [0.15, 0.2) is 0 Å². The number of likely N-dealkylation sites (N-methyl/N-ethyl adjacent to an activating group) is 1. The normalized spacial score (nSPS) is 13.9. The number of phenolic OH excluding ortho intramolecular Hbond substituents is 1. The summed E-state index contributed by atoms with van der Waals surface area (Å²) in [5.74, 6) is 0.794. The number of hydrogen-bond donors (Lipinski definition) is 2. The van der Waals surface area contributed by atoms with Gasteiger partial charge in [0.2, 0.25) is 5.91 Å². The summed E-state index contributed by atoms with van der Waals surface area (Å²) in [6.45, 7) is 1.94. The number of nitrogens with one attached hydrogen (secondary N) is 1. The van der Waals surface area contributed by atoms with Gasteiger partial charge in [-0.05, 0) is 38.2 Å². The fraction of sp³-hybridized carbons (Fsp3) is 0.286. The Morgan fingerprint density at radius 3 is 3.03 bits per heavy atom. The molecule has 30 heavy (non-hydrogen) atoms. The van der Waals surface area contributed by atoms with Crippen molar-refractivity contribution in [3.05, 3.63) is 52.1 Å². The van der Waals surface area contributed by atoms with Crippen LogP contribution < -0.4 is 5.32 Å². The average molecular weight is 444 g/mol. The molecule has 0 aliphatic carbocycles. The van der Waals surface area contributed by atoms with Crippen molar-refractivity contribution in [1.29, 1.82) is 0 Å². The lowest BCUT2D eigenvalue weighted by molar-refractivity contribution is -0.126. The molecule has 0 spiro atoms. The van der Waals surface area contributed by atoms with Crippen LogP contribution in [-0.2, 0) is 17.8 Å². The molecule has 3 aromatic rings. The molecule has 0 bridgehead atoms. The van der Waals surface area contributed by atoms with Crippen molar-refractivity contribution in [2.45, 2.75) is 13.0 Å². The highest BCUT2D eigenvalue weighted by Gasteiger charge is 2.25. The third kappa shape index (κ3) is 4.26. The van der Waals surface area contributed by atoms with Gasteiger partial charge < -0.3 is 20.2 Å². The Bertz CT molecular complexity index is 1130. The monoisotopic (exact) mass is 443 g/mol. The molecule has 2 N–H and O–H groups in total. The molecule has 1 aliphatic rings. The van der Waals surface area contributed by atoms with Gasteiger partial charge >= 0.3 is 0 Å². The van der Waals surface area contributed by atoms with Crippen LogP contribution in [0.15, 0.2) is 36.7 Å². The van der Waals surface area contributed by atoms with E-state index in [0.29, 0.717) is 29.6 Å². The molecule has 156 valence electrons. The van der Waals surface area contributed by atoms with Gasteiger partial charge in [0.1, 0.15) is 22.7 Å². The number of carbonyl (C=O) groups excluding carboxylic acids is 1. The van der Waals surface area contributed by atoms with E-state index in [1.807, 2.05) is 30.0 Å². The topological polar surface area (TPSA) is 81.6 Å². The van der Waals surface area contributed by atoms with Gasteiger partial charge in [-0.25, -0.2) is 9.97 Å². The Hall–Kier alpha value is -2.68. The molecule has 0 atom stereocenters. The molecule has 4 rings (SSSR count). The molecule has 0 fully saturated rings. The van der Waals surface area contributed by atoms with E-state index in [0.717, 1.165) is 33.6 Å². The maximum absolute atomic E-state index is 12.5. The number of nitrogens with zero attached hydrogens (tertiary/aromatic N) is 4. The van der Waals surface area contributed by atoms with Gasteiger partial charge in [-0.2, -0.15) is 0 Å². The van der Waals surface area contributed by atoms with E-state index < -0.39 is 0 Å². The molecule has 2 aromatic heterocycles. The number of halogens is 1. The summed E-state index contributed by atoms with van der Waals surface area (Å²) in [5, 5.41) is 14.5. The Balaban J connectivity index is 1.61. The van der Waals surface area contributed by atoms with Crippen molar-refractivity contribution in [1.82, 2.24) is 19.8 Å². The average Bonchev–Trinajstić information content (AvgIpc) is 3.09. The predicted molar refractivity (Wildman–Crippen MR) is 121 cm³/mol. The maximum Gasteiger partial charge on any atom is 0.246 e. The predicted octanol–water partition coefficient (Wildman–Crippen LogP) is 3.80. The molecule has 0 saturated carbocycles. The number of thiophene rings is 1. The van der Waals surface area contributed by atoms with Crippen LogP contribution in [0, 0.1) is 0 Å². The zero-order valence-electron chi connectivity index (χ0n) is 16.7. The molecule has 1 aliphatic heterocycles. The fourth-order valence-electron chi connectivity index (χ4n) is 3.42. The molecular weight excluding hydrogens is 422 g/mol. The second-order valence-electron chi connectivity index (χ2n) is 7.37. The number of aromatic hydroxyl groups is 1. The number of rotatable bonds is 5. The molecule has 1 aromatic carbocycles. The zero-order valence-corrected chi connectivity index (χ0v) is 18.3. The smallest absolute Gasteiger partial charge is 0.246 e. The first-order valence-corrected chi connectivity index (χ1v) is 10.7. The van der Waals surface area contributed by atoms with Crippen molar-refractivity contribution in [3.63, 3.8) is 0 Å². The second-order valence-corrected chi connectivity index (χ2v) is 8.86. The third-order valence-electron chi connectivity index (χ3n) is 4.88. The van der Waals surface area contributed by atoms with E-state index in [2.05, 4.69) is 15.3 Å².